The van der Waals surface area contributed by atoms with Crippen LogP contribution in [0.2, 0.25) is 0 Å². The van der Waals surface area contributed by atoms with Crippen molar-refractivity contribution in [3.05, 3.63) is 87.3 Å². The Hall–Kier alpha value is -4.13. The van der Waals surface area contributed by atoms with Crippen LogP contribution in [0.4, 0.5) is 0 Å². The summed E-state index contributed by atoms with van der Waals surface area (Å²) in [5.74, 6) is -0.569. The zero-order valence-corrected chi connectivity index (χ0v) is 21.7. The maximum Gasteiger partial charge on any atom is 0.308 e. The van der Waals surface area contributed by atoms with E-state index in [2.05, 4.69) is 16.3 Å². The van der Waals surface area contributed by atoms with Crippen LogP contribution in [0.1, 0.15) is 51.7 Å². The number of hydrogen-bond acceptors (Lipinski definition) is 7. The molecule has 4 aromatic rings. The van der Waals surface area contributed by atoms with Crippen LogP contribution in [-0.2, 0) is 16.1 Å². The summed E-state index contributed by atoms with van der Waals surface area (Å²) in [6, 6.07) is 16.9. The van der Waals surface area contributed by atoms with Crippen LogP contribution in [-0.4, -0.2) is 38.7 Å². The molecule has 3 heterocycles. The Morgan fingerprint density at radius 1 is 1.16 bits per heavy atom. The summed E-state index contributed by atoms with van der Waals surface area (Å²) in [6.45, 7) is 6.01. The van der Waals surface area contributed by atoms with Crippen molar-refractivity contribution in [2.45, 2.75) is 33.4 Å². The molecule has 2 aromatic heterocycles. The number of methoxy groups -OCH3 is 1. The third-order valence-corrected chi connectivity index (χ3v) is 7.92. The van der Waals surface area contributed by atoms with Crippen molar-refractivity contribution in [2.24, 2.45) is 10.9 Å². The number of carboxylic acids is 1. The minimum atomic E-state index is -0.949. The number of benzene rings is 2. The average molecular weight is 512 g/mol. The number of thiophene rings is 1. The lowest BCUT2D eigenvalue weighted by molar-refractivity contribution is -0.141. The number of fused-ring (bicyclic) bond motifs is 3. The summed E-state index contributed by atoms with van der Waals surface area (Å²) in [4.78, 5) is 18.2. The van der Waals surface area contributed by atoms with E-state index in [0.717, 1.165) is 37.7 Å². The first-order valence-electron chi connectivity index (χ1n) is 11.8. The third kappa shape index (κ3) is 4.24. The molecule has 1 N–H and O–H groups in total. The number of nitrogens with zero attached hydrogens (tertiary/aromatic N) is 5. The Balaban J connectivity index is 1.71. The number of aryl methyl sites for hydroxylation is 1. The molecule has 37 heavy (non-hydrogen) atoms. The molecule has 5 rings (SSSR count). The predicted octanol–water partition coefficient (Wildman–Crippen LogP) is 5.24. The largest absolute Gasteiger partial charge is 0.481 e. The van der Waals surface area contributed by atoms with E-state index in [1.165, 1.54) is 0 Å². The summed E-state index contributed by atoms with van der Waals surface area (Å²) in [5.41, 5.74) is 6.07. The van der Waals surface area contributed by atoms with Gasteiger partial charge in [0.25, 0.3) is 0 Å². The number of aliphatic carboxylic acids is 1. The molecule has 9 heteroatoms. The zero-order chi connectivity index (χ0) is 26.3. The van der Waals surface area contributed by atoms with E-state index in [0.29, 0.717) is 29.5 Å². The molecule has 2 aromatic carbocycles. The Kier molecular flexibility index (Phi) is 6.46. The Morgan fingerprint density at radius 2 is 1.89 bits per heavy atom. The van der Waals surface area contributed by atoms with E-state index in [9.17, 15) is 15.2 Å². The van der Waals surface area contributed by atoms with Gasteiger partial charge in [-0.2, -0.15) is 5.26 Å². The number of carboxylic acid groups (broad SMARTS) is 1. The highest BCUT2D eigenvalue weighted by Gasteiger charge is 2.36. The summed E-state index contributed by atoms with van der Waals surface area (Å²) in [7, 11) is 1.67. The second-order valence-corrected chi connectivity index (χ2v) is 10.1. The zero-order valence-electron chi connectivity index (χ0n) is 20.9. The fourth-order valence-electron chi connectivity index (χ4n) is 4.61. The van der Waals surface area contributed by atoms with Gasteiger partial charge in [0.2, 0.25) is 0 Å². The monoisotopic (exact) mass is 511 g/mol. The van der Waals surface area contributed by atoms with Gasteiger partial charge in [0, 0.05) is 23.1 Å². The molecule has 1 aliphatic rings. The summed E-state index contributed by atoms with van der Waals surface area (Å²) >= 11 is 1.59. The van der Waals surface area contributed by atoms with E-state index in [4.69, 9.17) is 9.73 Å². The molecule has 1 unspecified atom stereocenters. The van der Waals surface area contributed by atoms with Gasteiger partial charge in [0.1, 0.15) is 16.9 Å². The molecular weight excluding hydrogens is 486 g/mol. The van der Waals surface area contributed by atoms with Gasteiger partial charge in [0.15, 0.2) is 5.82 Å². The number of ether oxygens (including phenoxy) is 1. The molecule has 0 saturated heterocycles. The lowest BCUT2D eigenvalue weighted by Crippen LogP contribution is -2.21. The molecule has 0 amide bonds. The van der Waals surface area contributed by atoms with Crippen LogP contribution in [0, 0.1) is 31.1 Å². The number of hydrogen-bond donors (Lipinski definition) is 1. The molecule has 8 nitrogen and oxygen atoms in total. The Morgan fingerprint density at radius 3 is 2.57 bits per heavy atom. The minimum Gasteiger partial charge on any atom is -0.481 e. The first kappa shape index (κ1) is 24.6. The number of carbonyl (C=O) groups is 1. The third-order valence-electron chi connectivity index (χ3n) is 6.67. The van der Waals surface area contributed by atoms with E-state index in [1.54, 1.807) is 31.4 Å². The summed E-state index contributed by atoms with van der Waals surface area (Å²) in [5, 5.41) is 28.7. The van der Waals surface area contributed by atoms with Gasteiger partial charge in [-0.05, 0) is 49.6 Å². The van der Waals surface area contributed by atoms with Crippen molar-refractivity contribution < 1.29 is 14.6 Å². The van der Waals surface area contributed by atoms with E-state index >= 15 is 0 Å². The van der Waals surface area contributed by atoms with Gasteiger partial charge >= 0.3 is 5.97 Å². The molecule has 2 atom stereocenters. The van der Waals surface area contributed by atoms with Crippen molar-refractivity contribution in [3.8, 4) is 22.2 Å². The highest BCUT2D eigenvalue weighted by atomic mass is 32.1. The summed E-state index contributed by atoms with van der Waals surface area (Å²) < 4.78 is 7.40. The summed E-state index contributed by atoms with van der Waals surface area (Å²) in [6.07, 6.45) is 0. The minimum absolute atomic E-state index is 0.455. The highest BCUT2D eigenvalue weighted by Crippen LogP contribution is 2.41. The number of nitriles is 1. The van der Waals surface area contributed by atoms with Crippen molar-refractivity contribution >= 4 is 23.0 Å². The van der Waals surface area contributed by atoms with Gasteiger partial charge in [-0.25, -0.2) is 0 Å². The molecule has 0 aliphatic carbocycles. The number of aliphatic imine (C=N–C) groups is 1. The number of rotatable bonds is 6. The van der Waals surface area contributed by atoms with E-state index in [-0.39, 0.29) is 0 Å². The van der Waals surface area contributed by atoms with Crippen LogP contribution in [0.3, 0.4) is 0 Å². The molecule has 0 fully saturated rings. The highest BCUT2D eigenvalue weighted by molar-refractivity contribution is 7.15. The molecule has 1 aliphatic heterocycles. The Bertz CT molecular complexity index is 1580. The van der Waals surface area contributed by atoms with Crippen molar-refractivity contribution in [1.29, 1.82) is 5.26 Å². The molecule has 186 valence electrons. The number of aromatic nitrogens is 3. The standard InChI is InChI=1S/C28H25N5O3S/c1-15-22(14-36-4)37-27-23(15)25(30-24(16(2)28(34)35)26-32-31-17(3)33(26)27)20-10-8-19(9-11-20)21-7-5-6-18(12-21)13-29/h5-12,16,24H,14H2,1-4H3,(H,34,35)/t16?,24-/m0/s1. The van der Waals surface area contributed by atoms with Gasteiger partial charge in [-0.15, -0.1) is 21.5 Å². The normalized spacial score (nSPS) is 15.2. The van der Waals surface area contributed by atoms with Crippen LogP contribution >= 0.6 is 11.3 Å². The first-order chi connectivity index (χ1) is 17.8. The second kappa shape index (κ2) is 9.73. The Labute approximate surface area is 218 Å². The lowest BCUT2D eigenvalue weighted by Gasteiger charge is -2.16. The maximum absolute atomic E-state index is 12.1. The van der Waals surface area contributed by atoms with Crippen molar-refractivity contribution in [2.75, 3.05) is 7.11 Å². The van der Waals surface area contributed by atoms with Gasteiger partial charge in [-0.1, -0.05) is 36.4 Å². The molecule has 0 bridgehead atoms. The van der Waals surface area contributed by atoms with Crippen LogP contribution in [0.15, 0.2) is 53.5 Å². The van der Waals surface area contributed by atoms with E-state index < -0.39 is 17.9 Å². The van der Waals surface area contributed by atoms with Crippen LogP contribution in [0.5, 0.6) is 0 Å². The fraction of sp³-hybridized carbons (Fsp3) is 0.250. The smallest absolute Gasteiger partial charge is 0.308 e. The van der Waals surface area contributed by atoms with E-state index in [1.807, 2.05) is 60.9 Å². The molecular formula is C28H25N5O3S. The molecule has 0 radical (unpaired) electrons. The molecule has 0 spiro atoms. The SMILES string of the molecule is COCc1sc2c(c1C)C(c1ccc(-c3cccc(C#N)c3)cc1)=N[C@@H](C(C)C(=O)O)c1nnc(C)n1-2. The quantitative estimate of drug-likeness (QED) is 0.379. The van der Waals surface area contributed by atoms with Gasteiger partial charge < -0.3 is 9.84 Å². The van der Waals surface area contributed by atoms with Crippen LogP contribution in [0.25, 0.3) is 16.1 Å². The van der Waals surface area contributed by atoms with Gasteiger partial charge in [-0.3, -0.25) is 14.4 Å². The van der Waals surface area contributed by atoms with Crippen molar-refractivity contribution in [1.82, 2.24) is 14.8 Å². The topological polar surface area (TPSA) is 113 Å². The molecule has 0 saturated carbocycles. The van der Waals surface area contributed by atoms with Crippen LogP contribution < -0.4 is 0 Å². The maximum atomic E-state index is 12.1. The fourth-order valence-corrected chi connectivity index (χ4v) is 5.94. The lowest BCUT2D eigenvalue weighted by atomic mass is 9.96. The average Bonchev–Trinajstić information content (AvgIpc) is 3.39. The first-order valence-corrected chi connectivity index (χ1v) is 12.6. The van der Waals surface area contributed by atoms with Gasteiger partial charge in [0.05, 0.1) is 29.9 Å². The second-order valence-electron chi connectivity index (χ2n) is 9.02. The van der Waals surface area contributed by atoms with Crippen molar-refractivity contribution in [3.63, 3.8) is 0 Å². The predicted molar refractivity (Wildman–Crippen MR) is 141 cm³/mol.